The fraction of sp³-hybridized carbons (Fsp3) is 0.125. The zero-order valence-electron chi connectivity index (χ0n) is 10.3. The quantitative estimate of drug-likeness (QED) is 0.808. The largest absolute Gasteiger partial charge is 0.374 e. The van der Waals surface area contributed by atoms with Gasteiger partial charge in [0.15, 0.2) is 0 Å². The summed E-state index contributed by atoms with van der Waals surface area (Å²) in [6, 6.07) is 12.6. The van der Waals surface area contributed by atoms with Gasteiger partial charge in [-0.15, -0.1) is 6.42 Å². The van der Waals surface area contributed by atoms with E-state index in [2.05, 4.69) is 5.92 Å². The summed E-state index contributed by atoms with van der Waals surface area (Å²) < 4.78 is 0. The highest BCUT2D eigenvalue weighted by molar-refractivity contribution is 6.35. The molecule has 2 aromatic rings. The number of aliphatic hydroxyl groups is 1. The normalized spacial score (nSPS) is 13.6. The molecule has 1 N–H and O–H groups in total. The zero-order chi connectivity index (χ0) is 14.0. The summed E-state index contributed by atoms with van der Waals surface area (Å²) in [4.78, 5) is 0. The van der Waals surface area contributed by atoms with E-state index < -0.39 is 5.60 Å². The van der Waals surface area contributed by atoms with E-state index in [-0.39, 0.29) is 0 Å². The van der Waals surface area contributed by atoms with Crippen molar-refractivity contribution in [3.63, 3.8) is 0 Å². The zero-order valence-corrected chi connectivity index (χ0v) is 11.8. The molecule has 1 atom stereocenters. The van der Waals surface area contributed by atoms with Gasteiger partial charge in [-0.3, -0.25) is 0 Å². The van der Waals surface area contributed by atoms with Gasteiger partial charge >= 0.3 is 0 Å². The van der Waals surface area contributed by atoms with E-state index >= 15 is 0 Å². The Labute approximate surface area is 122 Å². The first-order valence-electron chi connectivity index (χ1n) is 5.70. The Morgan fingerprint density at radius 2 is 1.74 bits per heavy atom. The Morgan fingerprint density at radius 3 is 2.32 bits per heavy atom. The van der Waals surface area contributed by atoms with Gasteiger partial charge in [0.2, 0.25) is 0 Å². The minimum atomic E-state index is -1.27. The molecule has 0 spiro atoms. The van der Waals surface area contributed by atoms with Gasteiger partial charge in [-0.25, -0.2) is 0 Å². The van der Waals surface area contributed by atoms with Crippen LogP contribution in [-0.4, -0.2) is 5.11 Å². The van der Waals surface area contributed by atoms with Crippen LogP contribution in [-0.2, 0) is 5.60 Å². The second-order valence-corrected chi connectivity index (χ2v) is 5.26. The van der Waals surface area contributed by atoms with E-state index in [1.54, 1.807) is 37.3 Å². The predicted molar refractivity (Wildman–Crippen MR) is 80.3 cm³/mol. The van der Waals surface area contributed by atoms with E-state index in [0.29, 0.717) is 15.6 Å². The van der Waals surface area contributed by atoms with Crippen molar-refractivity contribution in [3.05, 3.63) is 58.1 Å². The Kier molecular flexibility index (Phi) is 3.87. The third-order valence-electron chi connectivity index (χ3n) is 2.97. The van der Waals surface area contributed by atoms with Crippen LogP contribution < -0.4 is 0 Å². The average molecular weight is 291 g/mol. The molecule has 0 aliphatic carbocycles. The van der Waals surface area contributed by atoms with Gasteiger partial charge < -0.3 is 5.11 Å². The summed E-state index contributed by atoms with van der Waals surface area (Å²) in [6.07, 6.45) is 5.29. The third-order valence-corrected chi connectivity index (χ3v) is 3.53. The van der Waals surface area contributed by atoms with E-state index in [9.17, 15) is 5.11 Å². The molecule has 96 valence electrons. The van der Waals surface area contributed by atoms with E-state index in [4.69, 9.17) is 29.6 Å². The SMILES string of the molecule is C#CC(C)(O)c1ccc(-c2cc(Cl)ccc2Cl)cc1. The number of hydrogen-bond donors (Lipinski definition) is 1. The van der Waals surface area contributed by atoms with Gasteiger partial charge in [-0.05, 0) is 36.2 Å². The second kappa shape index (κ2) is 5.27. The van der Waals surface area contributed by atoms with Crippen LogP contribution in [0.3, 0.4) is 0 Å². The predicted octanol–water partition coefficient (Wildman–Crippen LogP) is 4.50. The molecule has 0 aromatic heterocycles. The van der Waals surface area contributed by atoms with E-state index in [1.165, 1.54) is 0 Å². The first-order valence-corrected chi connectivity index (χ1v) is 6.46. The summed E-state index contributed by atoms with van der Waals surface area (Å²) in [5.74, 6) is 2.35. The maximum absolute atomic E-state index is 9.97. The first-order chi connectivity index (χ1) is 8.94. The van der Waals surface area contributed by atoms with Crippen LogP contribution in [0.4, 0.5) is 0 Å². The molecule has 3 heteroatoms. The molecule has 0 fully saturated rings. The molecule has 0 bridgehead atoms. The van der Waals surface area contributed by atoms with Gasteiger partial charge in [0.25, 0.3) is 0 Å². The topological polar surface area (TPSA) is 20.2 Å². The molecule has 1 unspecified atom stereocenters. The summed E-state index contributed by atoms with van der Waals surface area (Å²) in [5, 5.41) is 11.2. The fourth-order valence-corrected chi connectivity index (χ4v) is 2.18. The molecule has 0 aliphatic rings. The van der Waals surface area contributed by atoms with E-state index in [1.807, 2.05) is 12.1 Å². The van der Waals surface area contributed by atoms with Crippen LogP contribution in [0.15, 0.2) is 42.5 Å². The van der Waals surface area contributed by atoms with Crippen LogP contribution in [0.1, 0.15) is 12.5 Å². The van der Waals surface area contributed by atoms with Crippen LogP contribution in [0.25, 0.3) is 11.1 Å². The molecule has 0 aliphatic heterocycles. The van der Waals surface area contributed by atoms with Crippen molar-refractivity contribution in [1.29, 1.82) is 0 Å². The number of terminal acetylenes is 1. The Morgan fingerprint density at radius 1 is 1.11 bits per heavy atom. The molecule has 19 heavy (non-hydrogen) atoms. The number of hydrogen-bond acceptors (Lipinski definition) is 1. The lowest BCUT2D eigenvalue weighted by atomic mass is 9.94. The monoisotopic (exact) mass is 290 g/mol. The van der Waals surface area contributed by atoms with Gasteiger partial charge in [0, 0.05) is 15.6 Å². The summed E-state index contributed by atoms with van der Waals surface area (Å²) in [6.45, 7) is 1.58. The maximum atomic E-state index is 9.97. The molecule has 2 aromatic carbocycles. The number of benzene rings is 2. The lowest BCUT2D eigenvalue weighted by Crippen LogP contribution is -2.17. The van der Waals surface area contributed by atoms with Gasteiger partial charge in [0.1, 0.15) is 5.60 Å². The number of rotatable bonds is 2. The van der Waals surface area contributed by atoms with Crippen molar-refractivity contribution < 1.29 is 5.11 Å². The molecule has 2 rings (SSSR count). The Hall–Kier alpha value is -1.46. The Balaban J connectivity index is 2.44. The standard InChI is InChI=1S/C16H12Cl2O/c1-3-16(2,19)12-6-4-11(5-7-12)14-10-13(17)8-9-15(14)18/h1,4-10,19H,2H3. The molecule has 0 heterocycles. The number of halogens is 2. The minimum absolute atomic E-state index is 0.624. The van der Waals surface area contributed by atoms with Gasteiger partial charge in [-0.1, -0.05) is 53.4 Å². The second-order valence-electron chi connectivity index (χ2n) is 4.42. The third kappa shape index (κ3) is 2.93. The molecule has 0 amide bonds. The molecule has 1 nitrogen and oxygen atoms in total. The van der Waals surface area contributed by atoms with Crippen molar-refractivity contribution in [2.24, 2.45) is 0 Å². The Bertz CT molecular complexity index is 637. The molecule has 0 radical (unpaired) electrons. The molecule has 0 saturated carbocycles. The molecular weight excluding hydrogens is 279 g/mol. The highest BCUT2D eigenvalue weighted by atomic mass is 35.5. The van der Waals surface area contributed by atoms with Crippen LogP contribution in [0.5, 0.6) is 0 Å². The lowest BCUT2D eigenvalue weighted by Gasteiger charge is -2.17. The van der Waals surface area contributed by atoms with Crippen LogP contribution in [0, 0.1) is 12.3 Å². The highest BCUT2D eigenvalue weighted by Gasteiger charge is 2.19. The van der Waals surface area contributed by atoms with Crippen LogP contribution in [0.2, 0.25) is 10.0 Å². The smallest absolute Gasteiger partial charge is 0.147 e. The van der Waals surface area contributed by atoms with Crippen molar-refractivity contribution in [1.82, 2.24) is 0 Å². The van der Waals surface area contributed by atoms with Crippen molar-refractivity contribution in [2.75, 3.05) is 0 Å². The minimum Gasteiger partial charge on any atom is -0.374 e. The molecule has 0 saturated heterocycles. The summed E-state index contributed by atoms with van der Waals surface area (Å²) in [5.41, 5.74) is 1.17. The van der Waals surface area contributed by atoms with Crippen molar-refractivity contribution in [2.45, 2.75) is 12.5 Å². The summed E-state index contributed by atoms with van der Waals surface area (Å²) >= 11 is 12.1. The average Bonchev–Trinajstić information content (AvgIpc) is 2.42. The first kappa shape index (κ1) is 14.0. The maximum Gasteiger partial charge on any atom is 0.147 e. The van der Waals surface area contributed by atoms with Crippen molar-refractivity contribution >= 4 is 23.2 Å². The summed E-state index contributed by atoms with van der Waals surface area (Å²) in [7, 11) is 0. The fourth-order valence-electron chi connectivity index (χ4n) is 1.78. The van der Waals surface area contributed by atoms with Crippen LogP contribution >= 0.6 is 23.2 Å². The van der Waals surface area contributed by atoms with Gasteiger partial charge in [0.05, 0.1) is 0 Å². The molecular formula is C16H12Cl2O. The van der Waals surface area contributed by atoms with Gasteiger partial charge in [-0.2, -0.15) is 0 Å². The highest BCUT2D eigenvalue weighted by Crippen LogP contribution is 2.31. The van der Waals surface area contributed by atoms with E-state index in [0.717, 1.165) is 11.1 Å². The van der Waals surface area contributed by atoms with Crippen molar-refractivity contribution in [3.8, 4) is 23.5 Å². The lowest BCUT2D eigenvalue weighted by molar-refractivity contribution is 0.122.